The number of para-hydroxylation sites is 1. The van der Waals surface area contributed by atoms with Crippen LogP contribution in [0, 0.1) is 5.82 Å². The van der Waals surface area contributed by atoms with Crippen molar-refractivity contribution in [3.8, 4) is 11.4 Å². The lowest BCUT2D eigenvalue weighted by molar-refractivity contribution is 0.628. The summed E-state index contributed by atoms with van der Waals surface area (Å²) in [6, 6.07) is 12.2. The molecule has 0 bridgehead atoms. The third-order valence-corrected chi connectivity index (χ3v) is 5.03. The maximum Gasteiger partial charge on any atom is 0.211 e. The van der Waals surface area contributed by atoms with Crippen molar-refractivity contribution in [1.29, 1.82) is 0 Å². The van der Waals surface area contributed by atoms with Crippen molar-refractivity contribution in [3.05, 3.63) is 58.3 Å². The summed E-state index contributed by atoms with van der Waals surface area (Å²) >= 11 is 13.4. The van der Waals surface area contributed by atoms with Crippen molar-refractivity contribution in [2.45, 2.75) is 19.0 Å². The molecule has 0 amide bonds. The van der Waals surface area contributed by atoms with Gasteiger partial charge in [0.25, 0.3) is 0 Å². The normalized spacial score (nSPS) is 14.2. The fourth-order valence-electron chi connectivity index (χ4n) is 2.34. The lowest BCUT2D eigenvalue weighted by Gasteiger charge is -2.19. The molecular formula is C18H16Cl2FN5S. The van der Waals surface area contributed by atoms with Crippen LogP contribution in [-0.4, -0.2) is 26.5 Å². The number of fused-ring (bicyclic) bond motifs is 1. The molecule has 1 aromatic heterocycles. The minimum atomic E-state index is -0.569. The van der Waals surface area contributed by atoms with E-state index < -0.39 is 5.82 Å². The highest BCUT2D eigenvalue weighted by Gasteiger charge is 2.23. The van der Waals surface area contributed by atoms with Gasteiger partial charge in [-0.2, -0.15) is 0 Å². The Kier molecular flexibility index (Phi) is 6.36. The summed E-state index contributed by atoms with van der Waals surface area (Å²) in [5.74, 6) is 1.18. The topological polar surface area (TPSA) is 55.1 Å². The number of benzene rings is 2. The Morgan fingerprint density at radius 2 is 1.85 bits per heavy atom. The zero-order chi connectivity index (χ0) is 19.4. The van der Waals surface area contributed by atoms with Crippen LogP contribution in [0.2, 0.25) is 10.0 Å². The van der Waals surface area contributed by atoms with Crippen molar-refractivity contribution in [2.75, 3.05) is 11.2 Å². The van der Waals surface area contributed by atoms with Crippen LogP contribution in [0.15, 0.2) is 52.6 Å². The molecule has 0 unspecified atom stereocenters. The van der Waals surface area contributed by atoms with Gasteiger partial charge >= 0.3 is 0 Å². The van der Waals surface area contributed by atoms with Crippen LogP contribution >= 0.6 is 35.0 Å². The van der Waals surface area contributed by atoms with Crippen molar-refractivity contribution in [3.63, 3.8) is 0 Å². The first-order valence-electron chi connectivity index (χ1n) is 8.24. The second-order valence-electron chi connectivity index (χ2n) is 5.18. The SMILES string of the molecule is CC.Fc1cc(-c2nnc3n2NC(=Nc2ccccc2)CS3)c(Cl)cc1Cl. The molecule has 2 heterocycles. The highest BCUT2D eigenvalue weighted by atomic mass is 35.5. The number of halogens is 3. The third-order valence-electron chi connectivity index (χ3n) is 3.48. The van der Waals surface area contributed by atoms with Gasteiger partial charge < -0.3 is 0 Å². The molecular weight excluding hydrogens is 408 g/mol. The van der Waals surface area contributed by atoms with Crippen LogP contribution in [0.5, 0.6) is 0 Å². The van der Waals surface area contributed by atoms with Crippen LogP contribution < -0.4 is 5.43 Å². The standard InChI is InChI=1S/C16H10Cl2FN5S.C2H6/c17-11-7-12(18)13(19)6-10(11)15-21-22-16-24(15)23-14(8-25-16)20-9-4-2-1-3-5-9;1-2/h1-7H,8H2,(H,20,23);1-2H3. The van der Waals surface area contributed by atoms with Gasteiger partial charge in [-0.05, 0) is 24.3 Å². The molecule has 0 radical (unpaired) electrons. The zero-order valence-corrected chi connectivity index (χ0v) is 16.9. The third kappa shape index (κ3) is 4.26. The molecule has 1 aliphatic heterocycles. The molecule has 0 saturated heterocycles. The summed E-state index contributed by atoms with van der Waals surface area (Å²) in [6.45, 7) is 4.00. The second-order valence-corrected chi connectivity index (χ2v) is 6.94. The van der Waals surface area contributed by atoms with Crippen LogP contribution in [0.25, 0.3) is 11.4 Å². The van der Waals surface area contributed by atoms with Crippen LogP contribution in [0.3, 0.4) is 0 Å². The van der Waals surface area contributed by atoms with E-state index in [1.54, 1.807) is 4.68 Å². The minimum Gasteiger partial charge on any atom is -0.276 e. The molecule has 27 heavy (non-hydrogen) atoms. The van der Waals surface area contributed by atoms with Gasteiger partial charge in [0.2, 0.25) is 5.16 Å². The summed E-state index contributed by atoms with van der Waals surface area (Å²) in [6.07, 6.45) is 0. The highest BCUT2D eigenvalue weighted by Crippen LogP contribution is 2.33. The number of hydrogen-bond acceptors (Lipinski definition) is 4. The molecule has 5 nitrogen and oxygen atoms in total. The lowest BCUT2D eigenvalue weighted by atomic mass is 10.2. The number of nitrogens with one attached hydrogen (secondary N) is 1. The van der Waals surface area contributed by atoms with Crippen LogP contribution in [0.4, 0.5) is 10.1 Å². The molecule has 3 aromatic rings. The summed E-state index contributed by atoms with van der Waals surface area (Å²) < 4.78 is 15.5. The molecule has 2 aromatic carbocycles. The van der Waals surface area contributed by atoms with E-state index in [1.165, 1.54) is 23.9 Å². The Labute approximate surface area is 170 Å². The molecule has 9 heteroatoms. The van der Waals surface area contributed by atoms with E-state index in [0.717, 1.165) is 11.5 Å². The monoisotopic (exact) mass is 423 g/mol. The van der Waals surface area contributed by atoms with Gasteiger partial charge in [0.15, 0.2) is 5.82 Å². The quantitative estimate of drug-likeness (QED) is 0.529. The highest BCUT2D eigenvalue weighted by molar-refractivity contribution is 7.99. The average Bonchev–Trinajstić information content (AvgIpc) is 3.10. The van der Waals surface area contributed by atoms with E-state index in [9.17, 15) is 4.39 Å². The average molecular weight is 424 g/mol. The molecule has 0 spiro atoms. The zero-order valence-electron chi connectivity index (χ0n) is 14.6. The summed E-state index contributed by atoms with van der Waals surface area (Å²) in [5.41, 5.74) is 4.39. The first-order valence-corrected chi connectivity index (χ1v) is 9.99. The Bertz CT molecular complexity index is 975. The second kappa shape index (κ2) is 8.73. The molecule has 0 saturated carbocycles. The molecule has 1 aliphatic rings. The number of hydrogen-bond donors (Lipinski definition) is 1. The first-order chi connectivity index (χ1) is 13.1. The largest absolute Gasteiger partial charge is 0.276 e. The predicted octanol–water partition coefficient (Wildman–Crippen LogP) is 5.80. The number of amidine groups is 1. The van der Waals surface area contributed by atoms with Gasteiger partial charge in [0.05, 0.1) is 21.5 Å². The number of thioether (sulfide) groups is 1. The molecule has 1 N–H and O–H groups in total. The van der Waals surface area contributed by atoms with Crippen LogP contribution in [-0.2, 0) is 0 Å². The van der Waals surface area contributed by atoms with Gasteiger partial charge in [-0.25, -0.2) is 14.1 Å². The molecule has 0 atom stereocenters. The maximum atomic E-state index is 13.9. The van der Waals surface area contributed by atoms with E-state index >= 15 is 0 Å². The Balaban J connectivity index is 0.00000102. The Morgan fingerprint density at radius 1 is 1.11 bits per heavy atom. The lowest BCUT2D eigenvalue weighted by Crippen LogP contribution is -2.30. The minimum absolute atomic E-state index is 0.0409. The smallest absolute Gasteiger partial charge is 0.211 e. The first kappa shape index (κ1) is 19.7. The summed E-state index contributed by atoms with van der Waals surface area (Å²) in [7, 11) is 0. The number of aliphatic imine (C=N–C) groups is 1. The maximum absolute atomic E-state index is 13.9. The van der Waals surface area contributed by atoms with E-state index in [0.29, 0.717) is 27.3 Å². The van der Waals surface area contributed by atoms with E-state index in [-0.39, 0.29) is 5.02 Å². The number of rotatable bonds is 2. The van der Waals surface area contributed by atoms with E-state index in [4.69, 9.17) is 23.2 Å². The van der Waals surface area contributed by atoms with Crippen molar-refractivity contribution >= 4 is 46.5 Å². The predicted molar refractivity (Wildman–Crippen MR) is 110 cm³/mol. The van der Waals surface area contributed by atoms with Gasteiger partial charge in [0, 0.05) is 5.56 Å². The van der Waals surface area contributed by atoms with Gasteiger partial charge in [-0.3, -0.25) is 5.43 Å². The van der Waals surface area contributed by atoms with Gasteiger partial charge in [0.1, 0.15) is 11.7 Å². The van der Waals surface area contributed by atoms with Crippen molar-refractivity contribution in [2.24, 2.45) is 4.99 Å². The van der Waals surface area contributed by atoms with Gasteiger partial charge in [-0.15, -0.1) is 10.2 Å². The Hall–Kier alpha value is -2.09. The number of nitrogens with zero attached hydrogens (tertiary/aromatic N) is 4. The summed E-state index contributed by atoms with van der Waals surface area (Å²) in [5, 5.41) is 9.13. The van der Waals surface area contributed by atoms with E-state index in [1.807, 2.05) is 44.2 Å². The van der Waals surface area contributed by atoms with Crippen LogP contribution in [0.1, 0.15) is 13.8 Å². The van der Waals surface area contributed by atoms with Crippen molar-refractivity contribution < 1.29 is 4.39 Å². The molecule has 4 rings (SSSR count). The fourth-order valence-corrected chi connectivity index (χ4v) is 3.56. The van der Waals surface area contributed by atoms with Gasteiger partial charge in [-0.1, -0.05) is 67.0 Å². The Morgan fingerprint density at radius 3 is 2.59 bits per heavy atom. The molecule has 140 valence electrons. The van der Waals surface area contributed by atoms with Crippen molar-refractivity contribution in [1.82, 2.24) is 14.9 Å². The fraction of sp³-hybridized carbons (Fsp3) is 0.167. The number of aromatic nitrogens is 3. The molecule has 0 aliphatic carbocycles. The molecule has 0 fully saturated rings. The van der Waals surface area contributed by atoms with E-state index in [2.05, 4.69) is 20.6 Å². The summed E-state index contributed by atoms with van der Waals surface area (Å²) in [4.78, 5) is 4.57.